The molecule has 11 nitrogen and oxygen atoms in total. The molecular formula is C68H129NO10. The smallest absolute Gasteiger partial charge is 0.249 e. The zero-order valence-electron chi connectivity index (χ0n) is 51.4. The molecule has 1 aliphatic heterocycles. The Morgan fingerprint density at radius 3 is 1.16 bits per heavy atom. The highest BCUT2D eigenvalue weighted by atomic mass is 16.7. The minimum atomic E-state index is -1.67. The van der Waals surface area contributed by atoms with Crippen LogP contribution in [0.2, 0.25) is 0 Å². The predicted molar refractivity (Wildman–Crippen MR) is 330 cm³/mol. The van der Waals surface area contributed by atoms with Crippen LogP contribution in [-0.2, 0) is 14.3 Å². The van der Waals surface area contributed by atoms with Crippen molar-refractivity contribution in [2.24, 2.45) is 0 Å². The van der Waals surface area contributed by atoms with E-state index in [1.165, 1.54) is 238 Å². The summed E-state index contributed by atoms with van der Waals surface area (Å²) < 4.78 is 11.1. The number of nitrogens with one attached hydrogen (secondary N) is 1. The van der Waals surface area contributed by atoms with E-state index in [0.29, 0.717) is 12.8 Å². The molecule has 79 heavy (non-hydrogen) atoms. The standard InChI is InChI=1S/C68H129NO10/c1-3-5-7-9-11-13-15-17-19-20-21-22-23-24-25-26-27-28-29-30-31-32-33-34-35-36-37-38-39-40-41-42-44-46-48-50-52-54-56-61(72)67(77)69-59(58-78-68-66(76)65(75)64(74)62(57-70)79-68)63(73)60(71)55-53-51-49-47-45-43-18-16-14-12-10-8-6-4-2/h27-28,30-31,47,49,59-66,68,70-76H,3-26,29,32-46,48,50-58H2,1-2H3,(H,69,77)/b28-27-,31-30-,49-47+. The molecule has 1 saturated heterocycles. The molecular weight excluding hydrogens is 991 g/mol. The van der Waals surface area contributed by atoms with Crippen LogP contribution in [0.5, 0.6) is 0 Å². The molecule has 9 unspecified atom stereocenters. The number of unbranched alkanes of at least 4 members (excludes halogenated alkanes) is 41. The summed E-state index contributed by atoms with van der Waals surface area (Å²) in [6, 6.07) is -1.18. The van der Waals surface area contributed by atoms with Gasteiger partial charge in [-0.1, -0.05) is 288 Å². The van der Waals surface area contributed by atoms with E-state index in [1.54, 1.807) is 0 Å². The highest BCUT2D eigenvalue weighted by Gasteiger charge is 2.44. The number of allylic oxidation sites excluding steroid dienone is 6. The van der Waals surface area contributed by atoms with Crippen molar-refractivity contribution >= 4 is 5.91 Å². The fourth-order valence-electron chi connectivity index (χ4n) is 10.9. The van der Waals surface area contributed by atoms with Crippen LogP contribution in [0, 0.1) is 0 Å². The molecule has 0 saturated carbocycles. The normalized spacial score (nSPS) is 19.5. The lowest BCUT2D eigenvalue weighted by molar-refractivity contribution is -0.303. The predicted octanol–water partition coefficient (Wildman–Crippen LogP) is 15.8. The average Bonchev–Trinajstić information content (AvgIpc) is 3.46. The molecule has 1 rings (SSSR count). The Balaban J connectivity index is 2.12. The van der Waals surface area contributed by atoms with Crippen molar-refractivity contribution in [1.29, 1.82) is 0 Å². The van der Waals surface area contributed by atoms with Crippen LogP contribution in [0.3, 0.4) is 0 Å². The van der Waals surface area contributed by atoms with Gasteiger partial charge >= 0.3 is 0 Å². The second kappa shape index (κ2) is 56.8. The molecule has 1 heterocycles. The van der Waals surface area contributed by atoms with Gasteiger partial charge in [-0.2, -0.15) is 0 Å². The lowest BCUT2D eigenvalue weighted by Gasteiger charge is -2.40. The molecule has 0 bridgehead atoms. The summed E-state index contributed by atoms with van der Waals surface area (Å²) in [5, 5.41) is 76.2. The molecule has 9 atom stereocenters. The van der Waals surface area contributed by atoms with E-state index < -0.39 is 74.2 Å². The van der Waals surface area contributed by atoms with E-state index in [4.69, 9.17) is 9.47 Å². The largest absolute Gasteiger partial charge is 0.394 e. The fraction of sp³-hybridized carbons (Fsp3) is 0.897. The minimum Gasteiger partial charge on any atom is -0.394 e. The van der Waals surface area contributed by atoms with Gasteiger partial charge in [0, 0.05) is 0 Å². The summed E-state index contributed by atoms with van der Waals surface area (Å²) in [5.74, 6) is -0.703. The van der Waals surface area contributed by atoms with E-state index in [1.807, 2.05) is 0 Å². The molecule has 0 radical (unpaired) electrons. The number of aliphatic hydroxyl groups is 7. The fourth-order valence-corrected chi connectivity index (χ4v) is 10.9. The average molecular weight is 1120 g/mol. The van der Waals surface area contributed by atoms with Crippen LogP contribution in [0.15, 0.2) is 36.5 Å². The molecule has 466 valence electrons. The maximum absolute atomic E-state index is 13.2. The lowest BCUT2D eigenvalue weighted by atomic mass is 9.98. The van der Waals surface area contributed by atoms with E-state index in [-0.39, 0.29) is 12.8 Å². The molecule has 1 aliphatic rings. The molecule has 0 aromatic carbocycles. The van der Waals surface area contributed by atoms with Crippen molar-refractivity contribution in [3.8, 4) is 0 Å². The van der Waals surface area contributed by atoms with Crippen LogP contribution in [0.25, 0.3) is 0 Å². The summed E-state index contributed by atoms with van der Waals surface area (Å²) in [4.78, 5) is 13.2. The van der Waals surface area contributed by atoms with E-state index in [9.17, 15) is 40.5 Å². The van der Waals surface area contributed by atoms with Gasteiger partial charge in [0.2, 0.25) is 5.91 Å². The maximum atomic E-state index is 13.2. The third-order valence-electron chi connectivity index (χ3n) is 16.4. The Bertz CT molecular complexity index is 1380. The van der Waals surface area contributed by atoms with Gasteiger partial charge in [-0.05, 0) is 70.6 Å². The number of amides is 1. The molecule has 1 amide bonds. The Kier molecular flexibility index (Phi) is 54.2. The first-order valence-electron chi connectivity index (χ1n) is 33.9. The number of rotatable bonds is 59. The molecule has 0 aromatic heterocycles. The van der Waals surface area contributed by atoms with Crippen LogP contribution in [0.1, 0.15) is 322 Å². The van der Waals surface area contributed by atoms with Crippen molar-refractivity contribution in [2.75, 3.05) is 13.2 Å². The number of hydrogen-bond acceptors (Lipinski definition) is 10. The Morgan fingerprint density at radius 2 is 0.785 bits per heavy atom. The zero-order valence-corrected chi connectivity index (χ0v) is 51.4. The molecule has 0 aromatic rings. The van der Waals surface area contributed by atoms with Crippen LogP contribution in [0.4, 0.5) is 0 Å². The van der Waals surface area contributed by atoms with Gasteiger partial charge in [-0.25, -0.2) is 0 Å². The SMILES string of the molecule is CCCCCCCCCCC/C=C/CCCC(O)C(O)C(COC1OC(CO)C(O)C(O)C1O)NC(=O)C(O)CCCCCCCCCCCCCCCCCC/C=C\C/C=C\CCCCCCCCCCCCCCCCC. The summed E-state index contributed by atoms with van der Waals surface area (Å²) in [6.07, 6.45) is 61.1. The third kappa shape index (κ3) is 44.5. The summed E-state index contributed by atoms with van der Waals surface area (Å²) in [5.41, 5.74) is 0. The summed E-state index contributed by atoms with van der Waals surface area (Å²) in [6.45, 7) is 3.46. The van der Waals surface area contributed by atoms with Gasteiger partial charge in [0.25, 0.3) is 0 Å². The number of hydrogen-bond donors (Lipinski definition) is 8. The summed E-state index contributed by atoms with van der Waals surface area (Å²) >= 11 is 0. The van der Waals surface area contributed by atoms with Gasteiger partial charge in [-0.3, -0.25) is 4.79 Å². The Morgan fingerprint density at radius 1 is 0.443 bits per heavy atom. The number of aliphatic hydroxyl groups excluding tert-OH is 7. The Hall–Kier alpha value is -1.67. The quantitative estimate of drug-likeness (QED) is 0.0215. The highest BCUT2D eigenvalue weighted by molar-refractivity contribution is 5.80. The van der Waals surface area contributed by atoms with Crippen molar-refractivity contribution in [3.05, 3.63) is 36.5 Å². The van der Waals surface area contributed by atoms with E-state index in [2.05, 4.69) is 55.6 Å². The number of carbonyl (C=O) groups is 1. The van der Waals surface area contributed by atoms with Gasteiger partial charge < -0.3 is 50.5 Å². The first-order valence-corrected chi connectivity index (χ1v) is 33.9. The monoisotopic (exact) mass is 1120 g/mol. The van der Waals surface area contributed by atoms with Crippen molar-refractivity contribution in [2.45, 2.75) is 377 Å². The zero-order chi connectivity index (χ0) is 57.5. The topological polar surface area (TPSA) is 189 Å². The van der Waals surface area contributed by atoms with Crippen LogP contribution >= 0.6 is 0 Å². The molecule has 8 N–H and O–H groups in total. The highest BCUT2D eigenvalue weighted by Crippen LogP contribution is 2.24. The Labute approximate surface area is 486 Å². The van der Waals surface area contributed by atoms with Gasteiger partial charge in [0.1, 0.15) is 36.6 Å². The maximum Gasteiger partial charge on any atom is 0.249 e. The summed E-state index contributed by atoms with van der Waals surface area (Å²) in [7, 11) is 0. The molecule has 0 aliphatic carbocycles. The van der Waals surface area contributed by atoms with Crippen LogP contribution in [-0.4, -0.2) is 110 Å². The van der Waals surface area contributed by atoms with Crippen molar-refractivity contribution in [3.63, 3.8) is 0 Å². The lowest BCUT2D eigenvalue weighted by Crippen LogP contribution is -2.60. The van der Waals surface area contributed by atoms with Crippen molar-refractivity contribution in [1.82, 2.24) is 5.32 Å². The first kappa shape index (κ1) is 75.3. The number of carbonyl (C=O) groups excluding carboxylic acids is 1. The number of ether oxygens (including phenoxy) is 2. The molecule has 11 heteroatoms. The van der Waals surface area contributed by atoms with Gasteiger partial charge in [-0.15, -0.1) is 0 Å². The van der Waals surface area contributed by atoms with Crippen molar-refractivity contribution < 1.29 is 50.0 Å². The second-order valence-corrected chi connectivity index (χ2v) is 23.9. The molecule has 0 spiro atoms. The second-order valence-electron chi connectivity index (χ2n) is 23.9. The van der Waals surface area contributed by atoms with E-state index >= 15 is 0 Å². The van der Waals surface area contributed by atoms with Gasteiger partial charge in [0.15, 0.2) is 6.29 Å². The molecule has 1 fully saturated rings. The van der Waals surface area contributed by atoms with Crippen LogP contribution < -0.4 is 5.32 Å². The minimum absolute atomic E-state index is 0.255. The third-order valence-corrected chi connectivity index (χ3v) is 16.4. The van der Waals surface area contributed by atoms with Gasteiger partial charge in [0.05, 0.1) is 25.4 Å². The van der Waals surface area contributed by atoms with E-state index in [0.717, 1.165) is 44.9 Å². The first-order chi connectivity index (χ1) is 38.7.